The van der Waals surface area contributed by atoms with E-state index in [1.54, 1.807) is 0 Å². The summed E-state index contributed by atoms with van der Waals surface area (Å²) >= 11 is 0. The lowest BCUT2D eigenvalue weighted by atomic mass is 9.89. The van der Waals surface area contributed by atoms with Crippen LogP contribution in [0.15, 0.2) is 39.5 Å². The van der Waals surface area contributed by atoms with E-state index >= 15 is 0 Å². The molecule has 0 spiro atoms. The number of fused-ring (bicyclic) bond motifs is 1. The van der Waals surface area contributed by atoms with Crippen LogP contribution in [-0.2, 0) is 9.47 Å². The van der Waals surface area contributed by atoms with Crippen LogP contribution in [0, 0.1) is 0 Å². The summed E-state index contributed by atoms with van der Waals surface area (Å²) in [4.78, 5) is 13.6. The Hall–Kier alpha value is -3.67. The largest absolute Gasteiger partial charge is 0.508 e. The van der Waals surface area contributed by atoms with E-state index < -0.39 is 101 Å². The van der Waals surface area contributed by atoms with Gasteiger partial charge in [0.2, 0.25) is 17.5 Å². The lowest BCUT2D eigenvalue weighted by Crippen LogP contribution is -2.61. The fourth-order valence-electron chi connectivity index (χ4n) is 5.02. The SMILES string of the molecule is O=c1c(O[C@@H]2O[C@H](CO[C@@H]3CC[C@H](O)[C@H](O)[C@H]3O)[C@@H](O)[C@H](O)[C@H]2O)c(-c2ccc(O)c(O)c2)oc2cc(O)cc(O)c12. The van der Waals surface area contributed by atoms with Gasteiger partial charge in [-0.1, -0.05) is 0 Å². The number of phenols is 4. The number of rotatable bonds is 6. The topological polar surface area (TPSA) is 260 Å². The first-order valence-electron chi connectivity index (χ1n) is 12.9. The number of hydrogen-bond donors (Lipinski definition) is 10. The Labute approximate surface area is 236 Å². The van der Waals surface area contributed by atoms with Gasteiger partial charge in [0.25, 0.3) is 0 Å². The summed E-state index contributed by atoms with van der Waals surface area (Å²) in [5.74, 6) is -3.24. The average molecular weight is 595 g/mol. The van der Waals surface area contributed by atoms with Gasteiger partial charge in [0.15, 0.2) is 17.3 Å². The molecule has 10 N–H and O–H groups in total. The zero-order chi connectivity index (χ0) is 30.5. The molecular formula is C27H30O15. The minimum absolute atomic E-state index is 0.0140. The highest BCUT2D eigenvalue weighted by atomic mass is 16.7. The number of benzene rings is 2. The van der Waals surface area contributed by atoms with E-state index in [0.29, 0.717) is 0 Å². The van der Waals surface area contributed by atoms with Gasteiger partial charge in [-0.15, -0.1) is 0 Å². The fraction of sp³-hybridized carbons (Fsp3) is 0.444. The number of ether oxygens (including phenoxy) is 3. The molecule has 1 saturated heterocycles. The van der Waals surface area contributed by atoms with Gasteiger partial charge in [-0.05, 0) is 31.0 Å². The number of aliphatic hydroxyl groups is 6. The van der Waals surface area contributed by atoms with Gasteiger partial charge in [-0.3, -0.25) is 4.79 Å². The predicted molar refractivity (Wildman–Crippen MR) is 139 cm³/mol. The molecule has 15 heteroatoms. The summed E-state index contributed by atoms with van der Waals surface area (Å²) in [5.41, 5.74) is -1.30. The first-order valence-corrected chi connectivity index (χ1v) is 12.9. The predicted octanol–water partition coefficient (Wildman–Crippen LogP) is -1.27. The first kappa shape index (κ1) is 29.8. The highest BCUT2D eigenvalue weighted by molar-refractivity contribution is 5.88. The minimum atomic E-state index is -1.93. The molecule has 1 aliphatic carbocycles. The van der Waals surface area contributed by atoms with Gasteiger partial charge < -0.3 is 69.7 Å². The average Bonchev–Trinajstić information content (AvgIpc) is 2.94. The Morgan fingerprint density at radius 3 is 2.24 bits per heavy atom. The number of aliphatic hydroxyl groups excluding tert-OH is 6. The molecule has 2 aromatic carbocycles. The Balaban J connectivity index is 1.48. The Kier molecular flexibility index (Phi) is 8.19. The second-order valence-electron chi connectivity index (χ2n) is 10.3. The lowest BCUT2D eigenvalue weighted by Gasteiger charge is -2.41. The summed E-state index contributed by atoms with van der Waals surface area (Å²) in [6.45, 7) is -0.472. The minimum Gasteiger partial charge on any atom is -0.508 e. The van der Waals surface area contributed by atoms with E-state index in [4.69, 9.17) is 18.6 Å². The van der Waals surface area contributed by atoms with Crippen LogP contribution >= 0.6 is 0 Å². The molecule has 2 heterocycles. The maximum atomic E-state index is 13.6. The molecule has 15 nitrogen and oxygen atoms in total. The van der Waals surface area contributed by atoms with Crippen LogP contribution < -0.4 is 10.2 Å². The third kappa shape index (κ3) is 5.44. The second kappa shape index (κ2) is 11.5. The summed E-state index contributed by atoms with van der Waals surface area (Å²) in [5, 5.41) is 101. The fourth-order valence-corrected chi connectivity index (χ4v) is 5.02. The molecule has 0 bridgehead atoms. The van der Waals surface area contributed by atoms with Crippen LogP contribution in [0.5, 0.6) is 28.7 Å². The van der Waals surface area contributed by atoms with Gasteiger partial charge in [-0.25, -0.2) is 0 Å². The molecule has 0 amide bonds. The zero-order valence-electron chi connectivity index (χ0n) is 21.7. The summed E-state index contributed by atoms with van der Waals surface area (Å²) < 4.78 is 22.7. The zero-order valence-corrected chi connectivity index (χ0v) is 21.7. The van der Waals surface area contributed by atoms with Gasteiger partial charge >= 0.3 is 0 Å². The summed E-state index contributed by atoms with van der Waals surface area (Å²) in [6, 6.07) is 5.29. The van der Waals surface area contributed by atoms with Crippen LogP contribution in [0.1, 0.15) is 12.8 Å². The molecule has 0 radical (unpaired) electrons. The van der Waals surface area contributed by atoms with Gasteiger partial charge in [0, 0.05) is 17.7 Å². The molecule has 42 heavy (non-hydrogen) atoms. The molecule has 2 aliphatic rings. The van der Waals surface area contributed by atoms with E-state index in [1.807, 2.05) is 0 Å². The Morgan fingerprint density at radius 1 is 0.786 bits per heavy atom. The number of hydrogen-bond acceptors (Lipinski definition) is 15. The highest BCUT2D eigenvalue weighted by Crippen LogP contribution is 2.39. The van der Waals surface area contributed by atoms with Crippen molar-refractivity contribution in [3.8, 4) is 40.1 Å². The molecule has 1 aromatic heterocycles. The molecular weight excluding hydrogens is 564 g/mol. The van der Waals surface area contributed by atoms with Gasteiger partial charge in [0.1, 0.15) is 59.1 Å². The Bertz CT molecular complexity index is 1510. The quantitative estimate of drug-likeness (QED) is 0.149. The molecule has 2 fully saturated rings. The van der Waals surface area contributed by atoms with Gasteiger partial charge in [0.05, 0.1) is 18.8 Å². The van der Waals surface area contributed by atoms with E-state index in [9.17, 15) is 55.9 Å². The molecule has 228 valence electrons. The van der Waals surface area contributed by atoms with Crippen LogP contribution in [0.3, 0.4) is 0 Å². The molecule has 1 saturated carbocycles. The van der Waals surface area contributed by atoms with Crippen molar-refractivity contribution >= 4 is 11.0 Å². The van der Waals surface area contributed by atoms with E-state index in [2.05, 4.69) is 0 Å². The standard InChI is InChI=1S/C27H30O15/c28-10-6-14(32)18-16(7-10)40-25(9-1-2-11(29)13(31)5-9)26(22(18)36)42-27-24(38)23(37)21(35)17(41-27)8-39-15-4-3-12(30)19(33)20(15)34/h1-2,5-7,12,15,17,19-21,23-24,27-35,37-38H,3-4,8H2/t12-,15+,17+,19-,20-,21+,23-,24+,27-/m0/s1. The van der Waals surface area contributed by atoms with Gasteiger partial charge in [-0.2, -0.15) is 0 Å². The maximum absolute atomic E-state index is 13.6. The van der Waals surface area contributed by atoms with Crippen molar-refractivity contribution in [2.75, 3.05) is 6.61 Å². The second-order valence-corrected chi connectivity index (χ2v) is 10.3. The molecule has 5 rings (SSSR count). The number of aromatic hydroxyl groups is 4. The molecule has 0 unspecified atom stereocenters. The van der Waals surface area contributed by atoms with Crippen molar-refractivity contribution in [3.63, 3.8) is 0 Å². The van der Waals surface area contributed by atoms with E-state index in [-0.39, 0.29) is 29.7 Å². The van der Waals surface area contributed by atoms with Crippen molar-refractivity contribution in [2.24, 2.45) is 0 Å². The normalized spacial score (nSPS) is 31.7. The first-order chi connectivity index (χ1) is 19.9. The van der Waals surface area contributed by atoms with Crippen LogP contribution in [0.4, 0.5) is 0 Å². The monoisotopic (exact) mass is 594 g/mol. The lowest BCUT2D eigenvalue weighted by molar-refractivity contribution is -0.284. The van der Waals surface area contributed by atoms with Crippen LogP contribution in [0.25, 0.3) is 22.3 Å². The molecule has 9 atom stereocenters. The van der Waals surface area contributed by atoms with E-state index in [1.165, 1.54) is 6.07 Å². The van der Waals surface area contributed by atoms with Crippen LogP contribution in [-0.4, -0.2) is 113 Å². The summed E-state index contributed by atoms with van der Waals surface area (Å²) in [6.07, 6.45) is -13.5. The third-order valence-corrected chi connectivity index (χ3v) is 7.40. The van der Waals surface area contributed by atoms with Crippen molar-refractivity contribution in [3.05, 3.63) is 40.6 Å². The maximum Gasteiger partial charge on any atom is 0.239 e. The van der Waals surface area contributed by atoms with Crippen molar-refractivity contribution < 1.29 is 69.7 Å². The Morgan fingerprint density at radius 2 is 1.52 bits per heavy atom. The molecule has 3 aromatic rings. The van der Waals surface area contributed by atoms with E-state index in [0.717, 1.165) is 24.3 Å². The smallest absolute Gasteiger partial charge is 0.239 e. The van der Waals surface area contributed by atoms with Crippen molar-refractivity contribution in [1.82, 2.24) is 0 Å². The van der Waals surface area contributed by atoms with Crippen molar-refractivity contribution in [2.45, 2.75) is 68.0 Å². The summed E-state index contributed by atoms with van der Waals surface area (Å²) in [7, 11) is 0. The van der Waals surface area contributed by atoms with Crippen LogP contribution in [0.2, 0.25) is 0 Å². The van der Waals surface area contributed by atoms with Crippen molar-refractivity contribution in [1.29, 1.82) is 0 Å². The number of phenolic OH excluding ortho intramolecular Hbond substituents is 4. The molecule has 1 aliphatic heterocycles. The third-order valence-electron chi connectivity index (χ3n) is 7.40. The highest BCUT2D eigenvalue weighted by Gasteiger charge is 2.47.